The first-order chi connectivity index (χ1) is 7.22. The molecule has 98 valence electrons. The number of aliphatic hydroxyl groups is 2. The van der Waals surface area contributed by atoms with Gasteiger partial charge in [-0.3, -0.25) is 0 Å². The van der Waals surface area contributed by atoms with Gasteiger partial charge < -0.3 is 15.5 Å². The molecule has 0 heterocycles. The minimum absolute atomic E-state index is 0.223. The van der Waals surface area contributed by atoms with Crippen LogP contribution in [0.1, 0.15) is 40.0 Å². The van der Waals surface area contributed by atoms with Gasteiger partial charge >= 0.3 is 0 Å². The van der Waals surface area contributed by atoms with Gasteiger partial charge in [0.2, 0.25) is 5.92 Å². The average Bonchev–Trinajstić information content (AvgIpc) is 2.13. The summed E-state index contributed by atoms with van der Waals surface area (Å²) in [5.74, 6) is -2.83. The molecule has 0 radical (unpaired) electrons. The molecule has 0 bridgehead atoms. The fourth-order valence-corrected chi connectivity index (χ4v) is 1.66. The lowest BCUT2D eigenvalue weighted by atomic mass is 9.95. The van der Waals surface area contributed by atoms with Crippen LogP contribution in [-0.4, -0.2) is 40.9 Å². The molecular weight excluding hydrogens is 216 g/mol. The highest BCUT2D eigenvalue weighted by molar-refractivity contribution is 4.87. The van der Waals surface area contributed by atoms with Crippen molar-refractivity contribution in [3.63, 3.8) is 0 Å². The molecule has 0 aliphatic rings. The smallest absolute Gasteiger partial charge is 0.247 e. The van der Waals surface area contributed by atoms with Crippen LogP contribution in [-0.2, 0) is 0 Å². The molecule has 2 unspecified atom stereocenters. The number of halogens is 2. The summed E-state index contributed by atoms with van der Waals surface area (Å²) in [5, 5.41) is 21.4. The third-order valence-electron chi connectivity index (χ3n) is 2.44. The number of β-amino-alcohol motifs (C(OH)–C–C–N with tert-alkyl or cyclic N) is 1. The molecule has 0 rings (SSSR count). The van der Waals surface area contributed by atoms with Crippen molar-refractivity contribution in [3.8, 4) is 0 Å². The van der Waals surface area contributed by atoms with Crippen LogP contribution in [0.15, 0.2) is 0 Å². The number of aliphatic hydroxyl groups excluding tert-OH is 2. The summed E-state index contributed by atoms with van der Waals surface area (Å²) in [5.41, 5.74) is -1.05. The Kier molecular flexibility index (Phi) is 6.36. The molecule has 5 heteroatoms. The van der Waals surface area contributed by atoms with Gasteiger partial charge in [-0.1, -0.05) is 13.3 Å². The first-order valence-corrected chi connectivity index (χ1v) is 5.64. The van der Waals surface area contributed by atoms with Crippen molar-refractivity contribution in [2.75, 3.05) is 13.2 Å². The molecular formula is C11H23F2NO2. The maximum absolute atomic E-state index is 12.9. The molecule has 0 aromatic rings. The van der Waals surface area contributed by atoms with Crippen LogP contribution >= 0.6 is 0 Å². The highest BCUT2D eigenvalue weighted by Crippen LogP contribution is 2.25. The number of hydrogen-bond donors (Lipinski definition) is 3. The van der Waals surface area contributed by atoms with E-state index in [0.717, 1.165) is 13.3 Å². The van der Waals surface area contributed by atoms with Crippen LogP contribution in [0.2, 0.25) is 0 Å². The zero-order valence-corrected chi connectivity index (χ0v) is 10.3. The SMILES string of the molecule is CCCC(O)CNC(C)(CO)CC(C)(F)F. The van der Waals surface area contributed by atoms with E-state index in [1.807, 2.05) is 6.92 Å². The standard InChI is InChI=1S/C11H23F2NO2/c1-4-5-9(16)6-14-10(2,8-15)7-11(3,12)13/h9,14-16H,4-8H2,1-3H3. The van der Waals surface area contributed by atoms with E-state index in [9.17, 15) is 13.9 Å². The Hall–Kier alpha value is -0.260. The van der Waals surface area contributed by atoms with Crippen molar-refractivity contribution in [2.24, 2.45) is 0 Å². The maximum atomic E-state index is 12.9. The predicted octanol–water partition coefficient (Wildman–Crippen LogP) is 1.53. The van der Waals surface area contributed by atoms with E-state index < -0.39 is 24.0 Å². The Bertz CT molecular complexity index is 197. The molecule has 0 aromatic heterocycles. The fraction of sp³-hybridized carbons (Fsp3) is 1.00. The highest BCUT2D eigenvalue weighted by Gasteiger charge is 2.35. The molecule has 0 aliphatic carbocycles. The lowest BCUT2D eigenvalue weighted by molar-refractivity contribution is -0.0267. The van der Waals surface area contributed by atoms with Gasteiger partial charge in [0, 0.05) is 18.5 Å². The fourth-order valence-electron chi connectivity index (χ4n) is 1.66. The summed E-state index contributed by atoms with van der Waals surface area (Å²) in [4.78, 5) is 0. The average molecular weight is 239 g/mol. The van der Waals surface area contributed by atoms with Gasteiger partial charge in [-0.15, -0.1) is 0 Å². The van der Waals surface area contributed by atoms with E-state index in [1.54, 1.807) is 0 Å². The molecule has 16 heavy (non-hydrogen) atoms. The topological polar surface area (TPSA) is 52.5 Å². The van der Waals surface area contributed by atoms with Gasteiger partial charge in [-0.25, -0.2) is 8.78 Å². The van der Waals surface area contributed by atoms with Crippen molar-refractivity contribution in [3.05, 3.63) is 0 Å². The minimum atomic E-state index is -2.83. The Morgan fingerprint density at radius 3 is 2.25 bits per heavy atom. The molecule has 3 nitrogen and oxygen atoms in total. The number of alkyl halides is 2. The van der Waals surface area contributed by atoms with Crippen LogP contribution in [0.3, 0.4) is 0 Å². The summed E-state index contributed by atoms with van der Waals surface area (Å²) in [6, 6.07) is 0. The molecule has 0 spiro atoms. The summed E-state index contributed by atoms with van der Waals surface area (Å²) in [6.45, 7) is 4.14. The predicted molar refractivity (Wildman–Crippen MR) is 59.6 cm³/mol. The van der Waals surface area contributed by atoms with Crippen molar-refractivity contribution in [2.45, 2.75) is 57.6 Å². The van der Waals surface area contributed by atoms with Crippen molar-refractivity contribution in [1.29, 1.82) is 0 Å². The summed E-state index contributed by atoms with van der Waals surface area (Å²) < 4.78 is 25.7. The van der Waals surface area contributed by atoms with Crippen LogP contribution in [0.5, 0.6) is 0 Å². The quantitative estimate of drug-likeness (QED) is 0.602. The van der Waals surface area contributed by atoms with E-state index >= 15 is 0 Å². The van der Waals surface area contributed by atoms with Crippen LogP contribution in [0.4, 0.5) is 8.78 Å². The van der Waals surface area contributed by atoms with E-state index in [2.05, 4.69) is 5.32 Å². The minimum Gasteiger partial charge on any atom is -0.394 e. The van der Waals surface area contributed by atoms with E-state index in [4.69, 9.17) is 5.11 Å². The van der Waals surface area contributed by atoms with E-state index in [-0.39, 0.29) is 13.2 Å². The summed E-state index contributed by atoms with van der Waals surface area (Å²) in [7, 11) is 0. The first kappa shape index (κ1) is 15.7. The Labute approximate surface area is 95.9 Å². The monoisotopic (exact) mass is 239 g/mol. The van der Waals surface area contributed by atoms with Crippen molar-refractivity contribution >= 4 is 0 Å². The van der Waals surface area contributed by atoms with Gasteiger partial charge in [0.1, 0.15) is 0 Å². The van der Waals surface area contributed by atoms with E-state index in [1.165, 1.54) is 6.92 Å². The maximum Gasteiger partial charge on any atom is 0.247 e. The second-order valence-corrected chi connectivity index (χ2v) is 4.79. The van der Waals surface area contributed by atoms with Gasteiger partial charge in [0.25, 0.3) is 0 Å². The van der Waals surface area contributed by atoms with Crippen LogP contribution in [0.25, 0.3) is 0 Å². The highest BCUT2D eigenvalue weighted by atomic mass is 19.3. The Morgan fingerprint density at radius 2 is 1.88 bits per heavy atom. The zero-order chi connectivity index (χ0) is 12.8. The molecule has 2 atom stereocenters. The molecule has 0 fully saturated rings. The zero-order valence-electron chi connectivity index (χ0n) is 10.3. The lowest BCUT2D eigenvalue weighted by Gasteiger charge is -2.32. The first-order valence-electron chi connectivity index (χ1n) is 5.64. The second kappa shape index (κ2) is 6.47. The van der Waals surface area contributed by atoms with Gasteiger partial charge in [-0.2, -0.15) is 0 Å². The third-order valence-corrected chi connectivity index (χ3v) is 2.44. The largest absolute Gasteiger partial charge is 0.394 e. The third kappa shape index (κ3) is 7.09. The second-order valence-electron chi connectivity index (χ2n) is 4.79. The number of nitrogens with one attached hydrogen (secondary N) is 1. The molecule has 0 saturated heterocycles. The number of rotatable bonds is 8. The van der Waals surface area contributed by atoms with Gasteiger partial charge in [0.15, 0.2) is 0 Å². The molecule has 0 saturated carbocycles. The molecule has 3 N–H and O–H groups in total. The Balaban J connectivity index is 4.16. The summed E-state index contributed by atoms with van der Waals surface area (Å²) in [6.07, 6.45) is 0.455. The van der Waals surface area contributed by atoms with Crippen molar-refractivity contribution < 1.29 is 19.0 Å². The molecule has 0 aromatic carbocycles. The normalized spacial score (nSPS) is 18.2. The molecule has 0 aliphatic heterocycles. The van der Waals surface area contributed by atoms with Crippen LogP contribution in [0, 0.1) is 0 Å². The Morgan fingerprint density at radius 1 is 1.31 bits per heavy atom. The van der Waals surface area contributed by atoms with Gasteiger partial charge in [0.05, 0.1) is 12.7 Å². The molecule has 0 amide bonds. The summed E-state index contributed by atoms with van der Waals surface area (Å²) >= 11 is 0. The van der Waals surface area contributed by atoms with Crippen molar-refractivity contribution in [1.82, 2.24) is 5.32 Å². The van der Waals surface area contributed by atoms with Crippen LogP contribution < -0.4 is 5.32 Å². The van der Waals surface area contributed by atoms with E-state index in [0.29, 0.717) is 6.42 Å². The number of hydrogen-bond acceptors (Lipinski definition) is 3. The lowest BCUT2D eigenvalue weighted by Crippen LogP contribution is -2.51. The van der Waals surface area contributed by atoms with Gasteiger partial charge in [-0.05, 0) is 20.3 Å².